The third-order valence-electron chi connectivity index (χ3n) is 3.90. The van der Waals surface area contributed by atoms with Gasteiger partial charge in [0.25, 0.3) is 0 Å². The number of rotatable bonds is 6. The van der Waals surface area contributed by atoms with Crippen LogP contribution in [0.4, 0.5) is 5.82 Å². The molecule has 22 heavy (non-hydrogen) atoms. The second-order valence-electron chi connectivity index (χ2n) is 5.88. The lowest BCUT2D eigenvalue weighted by molar-refractivity contribution is 0.145. The molecule has 1 saturated heterocycles. The van der Waals surface area contributed by atoms with Crippen molar-refractivity contribution in [2.75, 3.05) is 18.0 Å². The Morgan fingerprint density at radius 3 is 2.64 bits per heavy atom. The summed E-state index contributed by atoms with van der Waals surface area (Å²) in [6, 6.07) is 3.24. The Morgan fingerprint density at radius 1 is 1.41 bits per heavy atom. The van der Waals surface area contributed by atoms with Crippen LogP contribution in [0.5, 0.6) is 0 Å². The van der Waals surface area contributed by atoms with Gasteiger partial charge in [-0.2, -0.15) is 0 Å². The molecular weight excluding hydrogens is 302 g/mol. The molecule has 0 radical (unpaired) electrons. The second-order valence-corrected chi connectivity index (χ2v) is 7.60. The molecule has 0 amide bonds. The Labute approximate surface area is 132 Å². The van der Waals surface area contributed by atoms with Gasteiger partial charge in [-0.05, 0) is 38.3 Å². The number of anilines is 1. The summed E-state index contributed by atoms with van der Waals surface area (Å²) in [6.45, 7) is 5.37. The quantitative estimate of drug-likeness (QED) is 0.827. The largest absolute Gasteiger partial charge is 0.393 e. The van der Waals surface area contributed by atoms with E-state index in [-0.39, 0.29) is 17.0 Å². The maximum atomic E-state index is 12.3. The minimum absolute atomic E-state index is 0.0849. The lowest BCUT2D eigenvalue weighted by Gasteiger charge is -2.30. The highest BCUT2D eigenvalue weighted by molar-refractivity contribution is 7.89. The smallest absolute Gasteiger partial charge is 0.242 e. The van der Waals surface area contributed by atoms with E-state index in [0.29, 0.717) is 0 Å². The molecule has 1 aliphatic heterocycles. The van der Waals surface area contributed by atoms with Gasteiger partial charge in [-0.1, -0.05) is 13.3 Å². The van der Waals surface area contributed by atoms with Crippen LogP contribution in [-0.2, 0) is 10.0 Å². The van der Waals surface area contributed by atoms with Crippen molar-refractivity contribution in [1.29, 1.82) is 0 Å². The van der Waals surface area contributed by atoms with E-state index in [0.717, 1.165) is 44.6 Å². The van der Waals surface area contributed by atoms with Gasteiger partial charge >= 0.3 is 0 Å². The number of aliphatic hydroxyl groups excluding tert-OH is 1. The lowest BCUT2D eigenvalue weighted by atomic mass is 10.1. The summed E-state index contributed by atoms with van der Waals surface area (Å²) >= 11 is 0. The maximum absolute atomic E-state index is 12.3. The molecule has 0 aromatic carbocycles. The fraction of sp³-hybridized carbons (Fsp3) is 0.667. The van der Waals surface area contributed by atoms with Crippen LogP contribution in [0.2, 0.25) is 0 Å². The molecule has 0 saturated carbocycles. The highest BCUT2D eigenvalue weighted by Crippen LogP contribution is 2.19. The summed E-state index contributed by atoms with van der Waals surface area (Å²) in [6.07, 6.45) is 4.35. The Kier molecular flexibility index (Phi) is 5.77. The Morgan fingerprint density at radius 2 is 2.09 bits per heavy atom. The molecular formula is C15H25N3O3S. The minimum Gasteiger partial charge on any atom is -0.393 e. The first-order valence-corrected chi connectivity index (χ1v) is 9.32. The fourth-order valence-electron chi connectivity index (χ4n) is 2.64. The first kappa shape index (κ1) is 17.2. The third-order valence-corrected chi connectivity index (χ3v) is 5.47. The van der Waals surface area contributed by atoms with E-state index >= 15 is 0 Å². The molecule has 1 aliphatic rings. The van der Waals surface area contributed by atoms with Gasteiger partial charge < -0.3 is 10.0 Å². The van der Waals surface area contributed by atoms with Gasteiger partial charge in [-0.15, -0.1) is 0 Å². The standard InChI is InChI=1S/C15H25N3O3S/c1-3-4-12(2)17-22(20,21)14-5-6-15(16-11-14)18-9-7-13(19)8-10-18/h5-6,11-13,17,19H,3-4,7-10H2,1-2H3. The highest BCUT2D eigenvalue weighted by atomic mass is 32.2. The van der Waals surface area contributed by atoms with E-state index in [2.05, 4.69) is 14.6 Å². The van der Waals surface area contributed by atoms with Crippen LogP contribution in [0.3, 0.4) is 0 Å². The molecule has 2 N–H and O–H groups in total. The summed E-state index contributed by atoms with van der Waals surface area (Å²) in [4.78, 5) is 6.53. The van der Waals surface area contributed by atoms with E-state index in [9.17, 15) is 13.5 Å². The highest BCUT2D eigenvalue weighted by Gasteiger charge is 2.20. The van der Waals surface area contributed by atoms with Crippen LogP contribution in [0.1, 0.15) is 39.5 Å². The number of nitrogens with zero attached hydrogens (tertiary/aromatic N) is 2. The van der Waals surface area contributed by atoms with Crippen LogP contribution in [0.15, 0.2) is 23.2 Å². The van der Waals surface area contributed by atoms with E-state index < -0.39 is 10.0 Å². The molecule has 0 aliphatic carbocycles. The lowest BCUT2D eigenvalue weighted by Crippen LogP contribution is -2.36. The zero-order valence-corrected chi connectivity index (χ0v) is 14.0. The van der Waals surface area contributed by atoms with Gasteiger partial charge in [0.2, 0.25) is 10.0 Å². The molecule has 1 aromatic rings. The Hall–Kier alpha value is -1.18. The zero-order chi connectivity index (χ0) is 16.2. The Balaban J connectivity index is 2.05. The molecule has 1 unspecified atom stereocenters. The number of sulfonamides is 1. The predicted octanol–water partition coefficient (Wildman–Crippen LogP) is 1.51. The van der Waals surface area contributed by atoms with Crippen LogP contribution in [0.25, 0.3) is 0 Å². The number of nitrogens with one attached hydrogen (secondary N) is 1. The number of aromatic nitrogens is 1. The van der Waals surface area contributed by atoms with Gasteiger partial charge in [0.1, 0.15) is 10.7 Å². The van der Waals surface area contributed by atoms with Crippen molar-refractivity contribution >= 4 is 15.8 Å². The third kappa shape index (κ3) is 4.41. The van der Waals surface area contributed by atoms with Crippen molar-refractivity contribution in [3.05, 3.63) is 18.3 Å². The van der Waals surface area contributed by atoms with Gasteiger partial charge in [0.15, 0.2) is 0 Å². The number of hydrogen-bond donors (Lipinski definition) is 2. The van der Waals surface area contributed by atoms with Crippen LogP contribution < -0.4 is 9.62 Å². The molecule has 0 bridgehead atoms. The van der Waals surface area contributed by atoms with Crippen molar-refractivity contribution in [3.8, 4) is 0 Å². The summed E-state index contributed by atoms with van der Waals surface area (Å²) < 4.78 is 27.2. The molecule has 2 rings (SSSR count). The normalized spacial score (nSPS) is 18.4. The minimum atomic E-state index is -3.51. The summed E-state index contributed by atoms with van der Waals surface area (Å²) in [5, 5.41) is 9.52. The van der Waals surface area contributed by atoms with Gasteiger partial charge in [-0.25, -0.2) is 18.1 Å². The van der Waals surface area contributed by atoms with Crippen molar-refractivity contribution in [2.45, 2.75) is 56.6 Å². The van der Waals surface area contributed by atoms with Crippen LogP contribution >= 0.6 is 0 Å². The monoisotopic (exact) mass is 327 g/mol. The van der Waals surface area contributed by atoms with Gasteiger partial charge in [0, 0.05) is 25.3 Å². The van der Waals surface area contributed by atoms with Crippen molar-refractivity contribution in [1.82, 2.24) is 9.71 Å². The van der Waals surface area contributed by atoms with E-state index in [1.165, 1.54) is 6.20 Å². The first-order valence-electron chi connectivity index (χ1n) is 7.83. The number of piperidine rings is 1. The van der Waals surface area contributed by atoms with Crippen LogP contribution in [-0.4, -0.2) is 43.7 Å². The predicted molar refractivity (Wildman–Crippen MR) is 86.4 cm³/mol. The van der Waals surface area contributed by atoms with E-state index in [4.69, 9.17) is 0 Å². The topological polar surface area (TPSA) is 82.5 Å². The molecule has 6 nitrogen and oxygen atoms in total. The van der Waals surface area contributed by atoms with Gasteiger partial charge in [0.05, 0.1) is 6.10 Å². The van der Waals surface area contributed by atoms with Crippen molar-refractivity contribution < 1.29 is 13.5 Å². The zero-order valence-electron chi connectivity index (χ0n) is 13.2. The summed E-state index contributed by atoms with van der Waals surface area (Å²) in [5.74, 6) is 0.757. The molecule has 1 atom stereocenters. The summed E-state index contributed by atoms with van der Waals surface area (Å²) in [7, 11) is -3.51. The first-order chi connectivity index (χ1) is 10.4. The second kappa shape index (κ2) is 7.39. The molecule has 1 aromatic heterocycles. The molecule has 7 heteroatoms. The molecule has 1 fully saturated rings. The molecule has 0 spiro atoms. The SMILES string of the molecule is CCCC(C)NS(=O)(=O)c1ccc(N2CCC(O)CC2)nc1. The van der Waals surface area contributed by atoms with E-state index in [1.54, 1.807) is 12.1 Å². The molecule has 2 heterocycles. The number of aliphatic hydroxyl groups is 1. The van der Waals surface area contributed by atoms with Crippen LogP contribution in [0, 0.1) is 0 Å². The fourth-order valence-corrected chi connectivity index (χ4v) is 3.86. The number of pyridine rings is 1. The Bertz CT molecular complexity index is 566. The number of hydrogen-bond acceptors (Lipinski definition) is 5. The van der Waals surface area contributed by atoms with Crippen molar-refractivity contribution in [2.24, 2.45) is 0 Å². The van der Waals surface area contributed by atoms with Gasteiger partial charge in [-0.3, -0.25) is 0 Å². The van der Waals surface area contributed by atoms with E-state index in [1.807, 2.05) is 13.8 Å². The van der Waals surface area contributed by atoms with Crippen molar-refractivity contribution in [3.63, 3.8) is 0 Å². The average Bonchev–Trinajstić information content (AvgIpc) is 2.48. The molecule has 124 valence electrons. The summed E-state index contributed by atoms with van der Waals surface area (Å²) in [5.41, 5.74) is 0. The maximum Gasteiger partial charge on any atom is 0.242 e. The average molecular weight is 327 g/mol.